The van der Waals surface area contributed by atoms with Crippen molar-refractivity contribution in [3.05, 3.63) is 60.8 Å². The molecule has 1 atom stereocenters. The molecule has 0 saturated carbocycles. The van der Waals surface area contributed by atoms with E-state index in [4.69, 9.17) is 54.8 Å². The smallest absolute Gasteiger partial charge is 0.321 e. The normalized spacial score (nSPS) is 11.1. The molecule has 278 valence electrons. The average Bonchev–Trinajstić information content (AvgIpc) is 2.98. The van der Waals surface area contributed by atoms with Gasteiger partial charge in [0.2, 0.25) is 11.9 Å². The first-order chi connectivity index (χ1) is 22.9. The molecule has 0 amide bonds. The summed E-state index contributed by atoms with van der Waals surface area (Å²) in [5.41, 5.74) is 24.8. The number of unbranched alkanes of at least 4 members (excludes halogenated alkanes) is 1. The molecule has 17 nitrogen and oxygen atoms in total. The Bertz CT molecular complexity index is 1120. The molecule has 0 aromatic rings. The van der Waals surface area contributed by atoms with Crippen LogP contribution in [-0.4, -0.2) is 101 Å². The summed E-state index contributed by atoms with van der Waals surface area (Å²) >= 11 is 0. The van der Waals surface area contributed by atoms with Crippen LogP contribution in [0, 0.1) is 10.8 Å². The minimum absolute atomic E-state index is 0.0509. The van der Waals surface area contributed by atoms with E-state index in [0.29, 0.717) is 0 Å². The molecule has 0 bridgehead atoms. The van der Waals surface area contributed by atoms with Crippen molar-refractivity contribution in [3.8, 4) is 0 Å². The minimum atomic E-state index is -1.29. The summed E-state index contributed by atoms with van der Waals surface area (Å²) in [6, 6.07) is -1.29. The van der Waals surface area contributed by atoms with Crippen LogP contribution in [0.3, 0.4) is 0 Å². The topological polar surface area (TPSA) is 321 Å². The first-order valence-electron chi connectivity index (χ1n) is 15.3. The summed E-state index contributed by atoms with van der Waals surface area (Å²) in [6.07, 6.45) is 27.9. The van der Waals surface area contributed by atoms with Crippen LogP contribution in [0.4, 0.5) is 0 Å². The maximum Gasteiger partial charge on any atom is 0.321 e. The number of rotatable bonds is 16. The lowest BCUT2D eigenvalue weighted by atomic mass is 10.2. The summed E-state index contributed by atoms with van der Waals surface area (Å²) in [4.78, 5) is 39.8. The van der Waals surface area contributed by atoms with Crippen molar-refractivity contribution < 1.29 is 29.7 Å². The van der Waals surface area contributed by atoms with Crippen molar-refractivity contribution in [2.24, 2.45) is 38.7 Å². The van der Waals surface area contributed by atoms with E-state index in [9.17, 15) is 14.4 Å². The second-order valence-corrected chi connectivity index (χ2v) is 10.0. The molecule has 0 aliphatic heterocycles. The lowest BCUT2D eigenvalue weighted by molar-refractivity contribution is -0.144. The van der Waals surface area contributed by atoms with Gasteiger partial charge in [0, 0.05) is 34.6 Å². The molecular formula is C32H59N11O6. The Labute approximate surface area is 290 Å². The quantitative estimate of drug-likeness (QED) is 0.0481. The number of carbonyl (C=O) groups is 3. The monoisotopic (exact) mass is 693 g/mol. The van der Waals surface area contributed by atoms with Crippen LogP contribution in [0.2, 0.25) is 0 Å². The van der Waals surface area contributed by atoms with Gasteiger partial charge >= 0.3 is 17.9 Å². The summed E-state index contributed by atoms with van der Waals surface area (Å²) in [7, 11) is 6.76. The van der Waals surface area contributed by atoms with E-state index in [0.717, 1.165) is 44.9 Å². The molecule has 17 heteroatoms. The lowest BCUT2D eigenvalue weighted by Gasteiger charge is -2.07. The van der Waals surface area contributed by atoms with Crippen molar-refractivity contribution in [2.75, 3.05) is 28.2 Å². The SMILES string of the molecule is CC/C=C\C/C=C\C/C=C\C/C=C\C/C=C\CCCC(=O)O.CN(C)C(=N)N=C(N)N.CN(C)C(=N)N=C(N)N.NC(CC(=O)O)C(=O)O. The molecule has 15 N–H and O–H groups in total. The second kappa shape index (κ2) is 35.4. The van der Waals surface area contributed by atoms with E-state index in [2.05, 4.69) is 77.7 Å². The molecule has 1 unspecified atom stereocenters. The third-order valence-corrected chi connectivity index (χ3v) is 4.95. The maximum absolute atomic E-state index is 10.3. The van der Waals surface area contributed by atoms with Gasteiger partial charge in [-0.25, -0.2) is 0 Å². The number of aliphatic imine (C=N–C) groups is 2. The van der Waals surface area contributed by atoms with Crippen molar-refractivity contribution in [3.63, 3.8) is 0 Å². The van der Waals surface area contributed by atoms with Crippen LogP contribution in [0.25, 0.3) is 0 Å². The molecule has 0 aromatic heterocycles. The molecule has 0 heterocycles. The van der Waals surface area contributed by atoms with Gasteiger partial charge < -0.3 is 53.8 Å². The van der Waals surface area contributed by atoms with Crippen molar-refractivity contribution in [1.29, 1.82) is 10.8 Å². The number of allylic oxidation sites excluding steroid dienone is 10. The fraction of sp³-hybridized carbons (Fsp3) is 0.469. The van der Waals surface area contributed by atoms with Gasteiger partial charge in [0.15, 0.2) is 11.9 Å². The Balaban J connectivity index is -0.000000310. The number of carboxylic acid groups (broad SMARTS) is 3. The highest BCUT2D eigenvalue weighted by Gasteiger charge is 2.14. The van der Waals surface area contributed by atoms with Gasteiger partial charge in [-0.05, 0) is 44.9 Å². The molecule has 49 heavy (non-hydrogen) atoms. The zero-order chi connectivity index (χ0) is 38.6. The molecule has 0 aliphatic rings. The Kier molecular flexibility index (Phi) is 36.4. The first-order valence-corrected chi connectivity index (χ1v) is 15.3. The second-order valence-electron chi connectivity index (χ2n) is 10.0. The van der Waals surface area contributed by atoms with Crippen LogP contribution >= 0.6 is 0 Å². The standard InChI is InChI=1S/C20H30O2.2C4H11N5.C4H7NO4/c1-2-3-4-5-6-7-8-9-10-11-12-13-14-15-16-17-18-19-20(21)22;2*1-9(2)4(7)8-3(5)6;5-2(4(8)9)1-3(6)7/h3-4,6-7,9-10,12-13,15-16H,2,5,8,11,14,17-19H2,1H3,(H,21,22);2*1-2H3,(H5,5,6,7,8);2H,1,5H2,(H,6,7)(H,8,9)/b4-3-,7-6-,10-9-,13-12-,16-15-;;;. The number of hydrogen-bond donors (Lipinski definition) is 10. The van der Waals surface area contributed by atoms with Gasteiger partial charge in [0.05, 0.1) is 6.42 Å². The molecule has 0 aliphatic carbocycles. The zero-order valence-corrected chi connectivity index (χ0v) is 29.5. The highest BCUT2D eigenvalue weighted by molar-refractivity contribution is 5.92. The summed E-state index contributed by atoms with van der Waals surface area (Å²) < 4.78 is 0. The summed E-state index contributed by atoms with van der Waals surface area (Å²) in [5.74, 6) is -3.29. The predicted molar refractivity (Wildman–Crippen MR) is 198 cm³/mol. The molecule has 0 fully saturated rings. The number of guanidine groups is 4. The molecular weight excluding hydrogens is 634 g/mol. The third-order valence-electron chi connectivity index (χ3n) is 4.95. The van der Waals surface area contributed by atoms with Crippen LogP contribution in [-0.2, 0) is 14.4 Å². The van der Waals surface area contributed by atoms with Crippen LogP contribution in [0.1, 0.15) is 64.7 Å². The van der Waals surface area contributed by atoms with Crippen LogP contribution < -0.4 is 28.7 Å². The number of aliphatic carboxylic acids is 3. The number of hydrogen-bond acceptors (Lipinski definition) is 6. The van der Waals surface area contributed by atoms with Gasteiger partial charge in [0.25, 0.3) is 0 Å². The van der Waals surface area contributed by atoms with E-state index in [1.54, 1.807) is 28.2 Å². The van der Waals surface area contributed by atoms with E-state index in [1.807, 2.05) is 0 Å². The van der Waals surface area contributed by atoms with Crippen LogP contribution in [0.5, 0.6) is 0 Å². The third kappa shape index (κ3) is 49.6. The van der Waals surface area contributed by atoms with Gasteiger partial charge in [-0.15, -0.1) is 0 Å². The van der Waals surface area contributed by atoms with Gasteiger partial charge in [-0.1, -0.05) is 67.7 Å². The van der Waals surface area contributed by atoms with E-state index < -0.39 is 30.4 Å². The molecule has 0 spiro atoms. The largest absolute Gasteiger partial charge is 0.481 e. The van der Waals surface area contributed by atoms with Gasteiger partial charge in [0.1, 0.15) is 6.04 Å². The maximum atomic E-state index is 10.3. The first kappa shape index (κ1) is 50.4. The van der Waals surface area contributed by atoms with Crippen molar-refractivity contribution in [1.82, 2.24) is 9.80 Å². The Morgan fingerprint density at radius 3 is 1.22 bits per heavy atom. The summed E-state index contributed by atoms with van der Waals surface area (Å²) in [6.45, 7) is 2.14. The van der Waals surface area contributed by atoms with Crippen molar-refractivity contribution in [2.45, 2.75) is 70.8 Å². The molecule has 0 radical (unpaired) electrons. The predicted octanol–water partition coefficient (Wildman–Crippen LogP) is 2.38. The number of carboxylic acids is 3. The van der Waals surface area contributed by atoms with E-state index in [-0.39, 0.29) is 30.3 Å². The van der Waals surface area contributed by atoms with Crippen LogP contribution in [0.15, 0.2) is 70.7 Å². The number of nitrogens with two attached hydrogens (primary N) is 5. The lowest BCUT2D eigenvalue weighted by Crippen LogP contribution is -2.32. The highest BCUT2D eigenvalue weighted by atomic mass is 16.4. The highest BCUT2D eigenvalue weighted by Crippen LogP contribution is 1.99. The minimum Gasteiger partial charge on any atom is -0.481 e. The fourth-order valence-electron chi connectivity index (χ4n) is 2.46. The fourth-order valence-corrected chi connectivity index (χ4v) is 2.46. The van der Waals surface area contributed by atoms with Gasteiger partial charge in [-0.3, -0.25) is 25.2 Å². The summed E-state index contributed by atoms with van der Waals surface area (Å²) in [5, 5.41) is 38.6. The molecule has 0 saturated heterocycles. The Morgan fingerprint density at radius 1 is 0.653 bits per heavy atom. The number of nitrogens with zero attached hydrogens (tertiary/aromatic N) is 4. The number of nitrogens with one attached hydrogen (secondary N) is 2. The average molecular weight is 694 g/mol. The molecule has 0 rings (SSSR count). The van der Waals surface area contributed by atoms with E-state index >= 15 is 0 Å². The molecule has 0 aromatic carbocycles. The van der Waals surface area contributed by atoms with Crippen molar-refractivity contribution >= 4 is 41.7 Å². The zero-order valence-electron chi connectivity index (χ0n) is 29.5. The van der Waals surface area contributed by atoms with Gasteiger partial charge in [-0.2, -0.15) is 9.98 Å². The Hall–Kier alpha value is -5.45. The Morgan fingerprint density at radius 2 is 1.00 bits per heavy atom. The van der Waals surface area contributed by atoms with E-state index in [1.165, 1.54) is 9.80 Å².